The maximum absolute atomic E-state index is 14.0. The third-order valence-electron chi connectivity index (χ3n) is 28.2. The van der Waals surface area contributed by atoms with Crippen molar-refractivity contribution in [1.29, 1.82) is 0 Å². The minimum atomic E-state index is -0.812. The number of ether oxygens (including phenoxy) is 4. The second kappa shape index (κ2) is 38.2. The molecule has 17 rings (SSSR count). The number of nitrogens with zero attached hydrogens (tertiary/aromatic N) is 8. The van der Waals surface area contributed by atoms with Crippen molar-refractivity contribution in [2.24, 2.45) is 34.1 Å². The van der Waals surface area contributed by atoms with E-state index in [9.17, 15) is 38.4 Å². The molecule has 130 heavy (non-hydrogen) atoms. The van der Waals surface area contributed by atoms with E-state index in [1.54, 1.807) is 18.6 Å². The Morgan fingerprint density at radius 3 is 1.05 bits per heavy atom. The summed E-state index contributed by atoms with van der Waals surface area (Å²) in [6.07, 6.45) is 20.1. The molecule has 8 amide bonds. The number of methoxy groups -OCH3 is 4. The molecule has 0 bridgehead atoms. The number of likely N-dealkylation sites (tertiary alicyclic amines) is 1. The number of hydroxylamine groups is 6. The summed E-state index contributed by atoms with van der Waals surface area (Å²) in [6.45, 7) is 24.0. The molecule has 4 saturated carbocycles. The summed E-state index contributed by atoms with van der Waals surface area (Å²) in [5.41, 5.74) is 9.98. The van der Waals surface area contributed by atoms with E-state index in [2.05, 4.69) is 111 Å². The molecule has 5 saturated heterocycles. The first kappa shape index (κ1) is 93.9. The smallest absolute Gasteiger partial charge is 0.453 e. The molecule has 9 heterocycles. The van der Waals surface area contributed by atoms with E-state index < -0.39 is 84.5 Å². The predicted octanol–water partition coefficient (Wildman–Crippen LogP) is 15.8. The van der Waals surface area contributed by atoms with Gasteiger partial charge in [0.2, 0.25) is 5.91 Å². The summed E-state index contributed by atoms with van der Waals surface area (Å²) >= 11 is 3.45. The number of hydrogen-bond acceptors (Lipinski definition) is 21. The number of aromatic nitrogens is 6. The average Bonchev–Trinajstić information content (AvgIpc) is 1.61. The minimum Gasteiger partial charge on any atom is -0.453 e. The van der Waals surface area contributed by atoms with E-state index >= 15 is 0 Å². The van der Waals surface area contributed by atoms with Gasteiger partial charge in [0.05, 0.1) is 98.2 Å². The number of aromatic amines is 3. The predicted molar refractivity (Wildman–Crippen MR) is 490 cm³/mol. The third kappa shape index (κ3) is 19.6. The van der Waals surface area contributed by atoms with E-state index in [4.69, 9.17) is 52.7 Å². The summed E-state index contributed by atoms with van der Waals surface area (Å²) in [5, 5.41) is 15.0. The molecule has 9 fully saturated rings. The molecule has 34 heteroatoms. The van der Waals surface area contributed by atoms with Crippen LogP contribution in [0, 0.1) is 29.1 Å². The van der Waals surface area contributed by atoms with Crippen LogP contribution in [0.2, 0.25) is 0 Å². The van der Waals surface area contributed by atoms with Crippen LogP contribution < -0.4 is 26.7 Å². The molecule has 7 N–H and O–H groups in total. The summed E-state index contributed by atoms with van der Waals surface area (Å²) in [4.78, 5) is 153. The highest BCUT2D eigenvalue weighted by Crippen LogP contribution is 2.56. The highest BCUT2D eigenvalue weighted by Gasteiger charge is 2.59. The molecule has 4 aliphatic carbocycles. The van der Waals surface area contributed by atoms with Crippen LogP contribution in [0.25, 0.3) is 50.5 Å². The van der Waals surface area contributed by atoms with Crippen LogP contribution in [0.1, 0.15) is 233 Å². The number of nitrogens with one attached hydrogen (secondary N) is 7. The lowest BCUT2D eigenvalue weighted by Gasteiger charge is -2.38. The van der Waals surface area contributed by atoms with Crippen molar-refractivity contribution in [3.8, 4) is 44.9 Å². The lowest BCUT2D eigenvalue weighted by Crippen LogP contribution is -2.54. The number of H-pyrrole nitrogens is 3. The molecule has 7 aromatic rings. The van der Waals surface area contributed by atoms with Crippen LogP contribution in [0.4, 0.5) is 19.2 Å². The van der Waals surface area contributed by atoms with Crippen LogP contribution in [-0.2, 0) is 61.9 Å². The molecule has 0 unspecified atom stereocenters. The Kier molecular flexibility index (Phi) is 27.6. The van der Waals surface area contributed by atoms with Gasteiger partial charge >= 0.3 is 31.5 Å². The van der Waals surface area contributed by atoms with E-state index in [0.29, 0.717) is 49.7 Å². The zero-order valence-corrected chi connectivity index (χ0v) is 78.8. The van der Waals surface area contributed by atoms with Crippen molar-refractivity contribution < 1.29 is 81.1 Å². The Morgan fingerprint density at radius 2 is 0.738 bits per heavy atom. The van der Waals surface area contributed by atoms with Crippen molar-refractivity contribution in [3.05, 3.63) is 149 Å². The van der Waals surface area contributed by atoms with Gasteiger partial charge in [-0.05, 0) is 190 Å². The first-order valence-electron chi connectivity index (χ1n) is 45.6. The summed E-state index contributed by atoms with van der Waals surface area (Å²) < 4.78 is 32.4. The van der Waals surface area contributed by atoms with E-state index in [0.717, 1.165) is 149 Å². The van der Waals surface area contributed by atoms with E-state index in [-0.39, 0.29) is 76.0 Å². The minimum absolute atomic E-state index is 0.0706. The van der Waals surface area contributed by atoms with Crippen LogP contribution >= 0.6 is 15.9 Å². The van der Waals surface area contributed by atoms with E-state index in [1.165, 1.54) is 50.0 Å². The Bertz CT molecular complexity index is 5330. The molecule has 10 aliphatic rings. The summed E-state index contributed by atoms with van der Waals surface area (Å²) in [5.74, 6) is 0.397. The second-order valence-corrected chi connectivity index (χ2v) is 39.8. The Labute approximate surface area is 767 Å². The Hall–Kier alpha value is -10.8. The maximum atomic E-state index is 14.0. The second-order valence-electron chi connectivity index (χ2n) is 38.9. The lowest BCUT2D eigenvalue weighted by molar-refractivity contribution is -0.230. The highest BCUT2D eigenvalue weighted by molar-refractivity contribution is 9.10. The van der Waals surface area contributed by atoms with Gasteiger partial charge in [-0.25, -0.2) is 49.3 Å². The molecule has 4 aromatic carbocycles. The molecule has 8 atom stereocenters. The van der Waals surface area contributed by atoms with Crippen LogP contribution in [0.3, 0.4) is 0 Å². The fourth-order valence-electron chi connectivity index (χ4n) is 19.0. The zero-order chi connectivity index (χ0) is 92.7. The summed E-state index contributed by atoms with van der Waals surface area (Å²) in [7, 11) is 4.73. The van der Waals surface area contributed by atoms with Crippen molar-refractivity contribution >= 4 is 87.8 Å². The number of imidazole rings is 3. The fourth-order valence-corrected chi connectivity index (χ4v) is 19.3. The van der Waals surface area contributed by atoms with Crippen LogP contribution in [0.15, 0.2) is 131 Å². The molecule has 32 nitrogen and oxygen atoms in total. The van der Waals surface area contributed by atoms with Gasteiger partial charge < -0.3 is 69.4 Å². The molecule has 6 aliphatic heterocycles. The number of halogens is 1. The van der Waals surface area contributed by atoms with Crippen molar-refractivity contribution in [3.63, 3.8) is 0 Å². The largest absolute Gasteiger partial charge is 0.494 e. The van der Waals surface area contributed by atoms with Crippen molar-refractivity contribution in [1.82, 2.24) is 71.3 Å². The van der Waals surface area contributed by atoms with Gasteiger partial charge in [-0.3, -0.25) is 38.7 Å². The van der Waals surface area contributed by atoms with Gasteiger partial charge in [0.1, 0.15) is 59.8 Å². The third-order valence-corrected chi connectivity index (χ3v) is 28.7. The molecular weight excluding hydrogens is 1730 g/mol. The van der Waals surface area contributed by atoms with Crippen molar-refractivity contribution in [2.45, 2.75) is 269 Å². The molecule has 4 spiro atoms. The average molecular weight is 1850 g/mol. The van der Waals surface area contributed by atoms with Crippen LogP contribution in [0.5, 0.6) is 0 Å². The number of carbonyl (C=O) groups is 8. The quantitative estimate of drug-likeness (QED) is 0.0245. The number of alkyl carbamates (subject to hydrolysis) is 4. The van der Waals surface area contributed by atoms with Gasteiger partial charge in [0.25, 0.3) is 17.7 Å². The number of aliphatic imine (C=N–C) groups is 1. The van der Waals surface area contributed by atoms with Gasteiger partial charge in [0, 0.05) is 48.6 Å². The number of rotatable bonds is 22. The lowest BCUT2D eigenvalue weighted by atomic mass is 9.67. The fraction of sp³-hybridized carbons (Fsp3) is 0.542. The number of hydrogen-bond donors (Lipinski definition) is 7. The first-order valence-corrected chi connectivity index (χ1v) is 46.4. The zero-order valence-electron chi connectivity index (χ0n) is 77.2. The van der Waals surface area contributed by atoms with Gasteiger partial charge in [-0.2, -0.15) is 0 Å². The molecule has 0 radical (unpaired) electrons. The standard InChI is InChI=1S/C46H57N7O7.C28H39BN4O6.C22H27BrN4O4/c1-27(2)38(50-43(56)58-5)41(54)52-26-45(17-7-18-45)22-36(52)34-21-33(24-47-34)31-11-9-29(10-12-31)30-13-15-32(16-14-30)35-25-48-40(49-35)37-23-46(19-8-20-46)60-53(37)42(55)39(28(3)4)51-44(57)59-6;1-17(2)22(32-25(35)36-7)24(34)33-21(15-28(39-33)13-8-14-28)23-30-16-20(31-23)18-9-11-19(12-10-18)29-37-26(3,4)27(5,6)38-29;1-13(2)18(26-21(29)30-3)20(28)27-17(11-22(31-27)9-4-10-22)19-24-12-16(25-19)14-5-7-15(23)8-6-14/h9-16,24-25,27-28,36-39H,7-8,17-23,26H2,1-6H3,(H,48,49)(H,50,56)(H,51,57);9-12,16-17,21-22H,8,13-15H2,1-7H3,(H,30,31)(H,32,35);5-8,12-13,17-18H,4,9-11H2,1-3H3,(H,24,25)(H,26,29)/t36-,37-,38-,39-;21-,22-;17-,18-/m000/s1. The number of carbonyl (C=O) groups excluding carboxylic acids is 8. The summed E-state index contributed by atoms with van der Waals surface area (Å²) in [6, 6.07) is 28.5. The maximum Gasteiger partial charge on any atom is 0.494 e. The normalized spacial score (nSPS) is 22.3. The number of allylic oxidation sites excluding steroid dienone is 1. The van der Waals surface area contributed by atoms with Gasteiger partial charge in [-0.1, -0.05) is 163 Å². The molecular formula is C96H123BBrN15O17. The highest BCUT2D eigenvalue weighted by atomic mass is 79.9. The number of amides is 8. The Balaban J connectivity index is 0.000000160. The van der Waals surface area contributed by atoms with E-state index in [1.807, 2.05) is 143 Å². The van der Waals surface area contributed by atoms with Gasteiger partial charge in [-0.15, -0.1) is 0 Å². The monoisotopic (exact) mass is 1850 g/mol. The topological polar surface area (TPSA) is 379 Å². The number of benzene rings is 4. The van der Waals surface area contributed by atoms with Crippen LogP contribution in [-0.4, -0.2) is 204 Å². The van der Waals surface area contributed by atoms with Crippen molar-refractivity contribution in [2.75, 3.05) is 35.0 Å². The first-order chi connectivity index (χ1) is 62.0. The van der Waals surface area contributed by atoms with Gasteiger partial charge in [0.15, 0.2) is 0 Å². The molecule has 694 valence electrons. The Morgan fingerprint density at radius 1 is 0.423 bits per heavy atom. The molecule has 3 aromatic heterocycles. The SMILES string of the molecule is COC(=O)N[C@H](C(=O)N1CC2(CCC2)C[C@H]1C1=NC=C(c2ccc(-c3ccc(-c4cnc([C@@H]5CC6(CCC6)ON5C(=O)[C@@H](NC(=O)OC)C(C)C)[nH]4)cc3)cc2)C1)C(C)C.COC(=O)N[C@H](C(=O)N1OC2(CCC2)C[C@H]1c1ncc(-c2ccc(B3OC(C)(C)C(C)(C)O3)cc2)[nH]1)C(C)C.COC(=O)N[C@H](C(=O)N1OC2(CCC2)C[C@H]1c1ncc(-c2ccc(Br)cc2)[nH]1)C(C)C.